The number of hydrogen-bond acceptors (Lipinski definition) is 3. The SMILES string of the molecule is CC1CC(C)CN(c2ccc(-c3ccc(C4CCC(c5c(F)cccc5F)=N4)cc3)cn2)C1. The Kier molecular flexibility index (Phi) is 5.96. The van der Waals surface area contributed by atoms with Gasteiger partial charge in [0.15, 0.2) is 0 Å². The number of aliphatic imine (C=N–C) groups is 1. The lowest BCUT2D eigenvalue weighted by atomic mass is 9.92. The van der Waals surface area contributed by atoms with Gasteiger partial charge in [-0.05, 0) is 66.5 Å². The predicted octanol–water partition coefficient (Wildman–Crippen LogP) is 6.83. The summed E-state index contributed by atoms with van der Waals surface area (Å²) >= 11 is 0. The van der Waals surface area contributed by atoms with Crippen molar-refractivity contribution in [2.75, 3.05) is 18.0 Å². The van der Waals surface area contributed by atoms with E-state index in [4.69, 9.17) is 4.98 Å². The first-order valence-corrected chi connectivity index (χ1v) is 11.8. The molecule has 3 unspecified atom stereocenters. The quantitative estimate of drug-likeness (QED) is 0.440. The summed E-state index contributed by atoms with van der Waals surface area (Å²) in [6.45, 7) is 6.74. The zero-order valence-corrected chi connectivity index (χ0v) is 19.1. The van der Waals surface area contributed by atoms with Crippen LogP contribution >= 0.6 is 0 Å². The van der Waals surface area contributed by atoms with Crippen LogP contribution in [-0.2, 0) is 0 Å². The van der Waals surface area contributed by atoms with Crippen LogP contribution in [0.5, 0.6) is 0 Å². The first-order valence-electron chi connectivity index (χ1n) is 11.8. The van der Waals surface area contributed by atoms with Crippen LogP contribution in [0.4, 0.5) is 14.6 Å². The topological polar surface area (TPSA) is 28.5 Å². The molecule has 3 atom stereocenters. The van der Waals surface area contributed by atoms with E-state index in [-0.39, 0.29) is 11.6 Å². The summed E-state index contributed by atoms with van der Waals surface area (Å²) in [5.74, 6) is 1.33. The van der Waals surface area contributed by atoms with Crippen molar-refractivity contribution in [3.05, 3.63) is 83.6 Å². The molecular weight excluding hydrogens is 416 g/mol. The van der Waals surface area contributed by atoms with E-state index in [1.165, 1.54) is 24.6 Å². The highest BCUT2D eigenvalue weighted by molar-refractivity contribution is 6.02. The lowest BCUT2D eigenvalue weighted by molar-refractivity contribution is 0.355. The molecule has 1 aromatic heterocycles. The molecule has 0 bridgehead atoms. The van der Waals surface area contributed by atoms with Crippen molar-refractivity contribution >= 4 is 11.5 Å². The molecule has 1 fully saturated rings. The van der Waals surface area contributed by atoms with Gasteiger partial charge in [-0.3, -0.25) is 4.99 Å². The number of rotatable bonds is 4. The van der Waals surface area contributed by atoms with E-state index in [1.54, 1.807) is 0 Å². The summed E-state index contributed by atoms with van der Waals surface area (Å²) < 4.78 is 28.3. The van der Waals surface area contributed by atoms with Crippen molar-refractivity contribution in [3.8, 4) is 11.1 Å². The van der Waals surface area contributed by atoms with Gasteiger partial charge in [-0.25, -0.2) is 13.8 Å². The third kappa shape index (κ3) is 4.54. The molecule has 2 aliphatic rings. The summed E-state index contributed by atoms with van der Waals surface area (Å²) in [6.07, 6.45) is 4.55. The lowest BCUT2D eigenvalue weighted by Gasteiger charge is -2.35. The Morgan fingerprint density at radius 2 is 1.52 bits per heavy atom. The zero-order valence-electron chi connectivity index (χ0n) is 19.1. The fourth-order valence-corrected chi connectivity index (χ4v) is 5.29. The van der Waals surface area contributed by atoms with E-state index in [0.29, 0.717) is 24.0 Å². The minimum Gasteiger partial charge on any atom is -0.356 e. The van der Waals surface area contributed by atoms with Crippen LogP contribution in [0.15, 0.2) is 65.8 Å². The van der Waals surface area contributed by atoms with Gasteiger partial charge in [-0.15, -0.1) is 0 Å². The molecule has 2 aliphatic heterocycles. The average molecular weight is 446 g/mol. The molecule has 5 rings (SSSR count). The average Bonchev–Trinajstić information content (AvgIpc) is 3.28. The van der Waals surface area contributed by atoms with E-state index in [2.05, 4.69) is 60.1 Å². The number of nitrogens with zero attached hydrogens (tertiary/aromatic N) is 3. The van der Waals surface area contributed by atoms with Gasteiger partial charge >= 0.3 is 0 Å². The number of hydrogen-bond donors (Lipinski definition) is 0. The third-order valence-electron chi connectivity index (χ3n) is 6.79. The Morgan fingerprint density at radius 1 is 0.848 bits per heavy atom. The molecule has 3 heterocycles. The van der Waals surface area contributed by atoms with Gasteiger partial charge in [0.25, 0.3) is 0 Å². The molecule has 0 radical (unpaired) electrons. The maximum absolute atomic E-state index is 14.1. The Bertz CT molecular complexity index is 1120. The van der Waals surface area contributed by atoms with Gasteiger partial charge in [-0.1, -0.05) is 44.2 Å². The Labute approximate surface area is 194 Å². The van der Waals surface area contributed by atoms with Crippen molar-refractivity contribution < 1.29 is 8.78 Å². The van der Waals surface area contributed by atoms with Crippen molar-refractivity contribution in [1.29, 1.82) is 0 Å². The molecule has 0 aliphatic carbocycles. The van der Waals surface area contributed by atoms with Crippen LogP contribution in [0.1, 0.15) is 50.3 Å². The Hall–Kier alpha value is -3.08. The summed E-state index contributed by atoms with van der Waals surface area (Å²) in [4.78, 5) is 11.8. The fraction of sp³-hybridized carbons (Fsp3) is 0.357. The van der Waals surface area contributed by atoms with E-state index in [9.17, 15) is 8.78 Å². The maximum atomic E-state index is 14.1. The van der Waals surface area contributed by atoms with Crippen LogP contribution in [0.2, 0.25) is 0 Å². The highest BCUT2D eigenvalue weighted by atomic mass is 19.1. The molecule has 2 aromatic carbocycles. The summed E-state index contributed by atoms with van der Waals surface area (Å²) in [5, 5.41) is 0. The fourth-order valence-electron chi connectivity index (χ4n) is 5.29. The molecule has 0 saturated carbocycles. The van der Waals surface area contributed by atoms with Crippen molar-refractivity contribution in [2.24, 2.45) is 16.8 Å². The number of anilines is 1. The van der Waals surface area contributed by atoms with Gasteiger partial charge < -0.3 is 4.90 Å². The van der Waals surface area contributed by atoms with Gasteiger partial charge in [0.1, 0.15) is 17.5 Å². The van der Waals surface area contributed by atoms with Crippen LogP contribution < -0.4 is 4.90 Å². The highest BCUT2D eigenvalue weighted by Gasteiger charge is 2.25. The van der Waals surface area contributed by atoms with Gasteiger partial charge in [0, 0.05) is 30.6 Å². The number of benzene rings is 2. The van der Waals surface area contributed by atoms with Crippen molar-refractivity contribution in [2.45, 2.75) is 39.2 Å². The molecule has 0 amide bonds. The summed E-state index contributed by atoms with van der Waals surface area (Å²) in [7, 11) is 0. The minimum absolute atomic E-state index is 0.0141. The van der Waals surface area contributed by atoms with E-state index < -0.39 is 11.6 Å². The molecule has 0 spiro atoms. The molecular formula is C28H29F2N3. The molecule has 170 valence electrons. The Balaban J connectivity index is 1.31. The van der Waals surface area contributed by atoms with Crippen molar-refractivity contribution in [3.63, 3.8) is 0 Å². The van der Waals surface area contributed by atoms with Crippen LogP contribution in [0.3, 0.4) is 0 Å². The zero-order chi connectivity index (χ0) is 22.9. The van der Waals surface area contributed by atoms with Gasteiger partial charge in [0.05, 0.1) is 11.6 Å². The molecule has 3 aromatic rings. The number of aromatic nitrogens is 1. The smallest absolute Gasteiger partial charge is 0.135 e. The standard InChI is InChI=1S/C28H29F2N3/c1-18-14-19(2)17-33(16-18)27-13-10-22(15-31-27)20-6-8-21(9-7-20)25-11-12-26(32-25)28-23(29)4-3-5-24(28)30/h3-10,13,15,18-19,25H,11-12,14,16-17H2,1-2H3. The normalized spacial score (nSPS) is 23.0. The predicted molar refractivity (Wildman–Crippen MR) is 130 cm³/mol. The maximum Gasteiger partial charge on any atom is 0.135 e. The van der Waals surface area contributed by atoms with Gasteiger partial charge in [-0.2, -0.15) is 0 Å². The van der Waals surface area contributed by atoms with Crippen LogP contribution in [0, 0.1) is 23.5 Å². The Morgan fingerprint density at radius 3 is 2.15 bits per heavy atom. The summed E-state index contributed by atoms with van der Waals surface area (Å²) in [6, 6.07) is 16.4. The lowest BCUT2D eigenvalue weighted by Crippen LogP contribution is -2.39. The number of piperidine rings is 1. The van der Waals surface area contributed by atoms with Crippen molar-refractivity contribution in [1.82, 2.24) is 4.98 Å². The molecule has 1 saturated heterocycles. The molecule has 3 nitrogen and oxygen atoms in total. The van der Waals surface area contributed by atoms with Crippen LogP contribution in [-0.4, -0.2) is 23.8 Å². The summed E-state index contributed by atoms with van der Waals surface area (Å²) in [5.41, 5.74) is 3.76. The largest absolute Gasteiger partial charge is 0.356 e. The molecule has 0 N–H and O–H groups in total. The van der Waals surface area contributed by atoms with E-state index in [1.807, 2.05) is 6.20 Å². The first-order chi connectivity index (χ1) is 16.0. The second-order valence-corrected chi connectivity index (χ2v) is 9.61. The minimum atomic E-state index is -0.547. The second kappa shape index (κ2) is 9.05. The molecule has 33 heavy (non-hydrogen) atoms. The van der Waals surface area contributed by atoms with Gasteiger partial charge in [0.2, 0.25) is 0 Å². The van der Waals surface area contributed by atoms with E-state index in [0.717, 1.165) is 42.0 Å². The number of pyridine rings is 1. The highest BCUT2D eigenvalue weighted by Crippen LogP contribution is 2.34. The van der Waals surface area contributed by atoms with E-state index >= 15 is 0 Å². The number of halogens is 2. The van der Waals surface area contributed by atoms with Crippen LogP contribution in [0.25, 0.3) is 11.1 Å². The molecule has 5 heteroatoms. The second-order valence-electron chi connectivity index (χ2n) is 9.61. The first kappa shape index (κ1) is 21.7. The third-order valence-corrected chi connectivity index (χ3v) is 6.79. The monoisotopic (exact) mass is 445 g/mol.